The lowest BCUT2D eigenvalue weighted by molar-refractivity contribution is -0.130. The minimum atomic E-state index is -1.08. The molecule has 2 rings (SSSR count). The van der Waals surface area contributed by atoms with Crippen molar-refractivity contribution in [3.63, 3.8) is 0 Å². The van der Waals surface area contributed by atoms with Crippen molar-refractivity contribution in [2.24, 2.45) is 0 Å². The van der Waals surface area contributed by atoms with Crippen LogP contribution < -0.4 is 4.74 Å². The Labute approximate surface area is 116 Å². The Kier molecular flexibility index (Phi) is 3.89. The Morgan fingerprint density at radius 3 is 2.50 bits per heavy atom. The largest absolute Gasteiger partial charge is 0.482 e. The molecule has 2 aromatic carbocycles. The van der Waals surface area contributed by atoms with E-state index in [1.54, 1.807) is 32.3 Å². The van der Waals surface area contributed by atoms with Gasteiger partial charge in [-0.3, -0.25) is 4.79 Å². The van der Waals surface area contributed by atoms with Crippen molar-refractivity contribution in [3.8, 4) is 5.75 Å². The summed E-state index contributed by atoms with van der Waals surface area (Å²) in [5.41, 5.74) is 0.0512. The summed E-state index contributed by atoms with van der Waals surface area (Å²) < 4.78 is 5.46. The molecule has 1 amide bonds. The number of fused-ring (bicyclic) bond motifs is 1. The third kappa shape index (κ3) is 2.71. The Bertz CT molecular complexity index is 664. The molecule has 20 heavy (non-hydrogen) atoms. The van der Waals surface area contributed by atoms with Crippen LogP contribution in [0.2, 0.25) is 0 Å². The van der Waals surface area contributed by atoms with E-state index in [-0.39, 0.29) is 23.8 Å². The predicted molar refractivity (Wildman–Crippen MR) is 75.1 cm³/mol. The molecule has 0 heterocycles. The average molecular weight is 273 g/mol. The van der Waals surface area contributed by atoms with Gasteiger partial charge in [-0.05, 0) is 11.5 Å². The molecule has 0 saturated heterocycles. The van der Waals surface area contributed by atoms with Gasteiger partial charge >= 0.3 is 5.97 Å². The first kappa shape index (κ1) is 13.9. The van der Waals surface area contributed by atoms with Crippen molar-refractivity contribution in [1.82, 2.24) is 4.90 Å². The van der Waals surface area contributed by atoms with Gasteiger partial charge in [0.05, 0.1) is 0 Å². The van der Waals surface area contributed by atoms with Crippen molar-refractivity contribution < 1.29 is 19.4 Å². The van der Waals surface area contributed by atoms with Crippen molar-refractivity contribution in [2.45, 2.75) is 0 Å². The highest BCUT2D eigenvalue weighted by atomic mass is 16.5. The van der Waals surface area contributed by atoms with E-state index in [0.717, 1.165) is 5.39 Å². The third-order valence-electron chi connectivity index (χ3n) is 2.95. The summed E-state index contributed by atoms with van der Waals surface area (Å²) in [4.78, 5) is 24.2. The molecule has 1 N–H and O–H groups in total. The number of nitrogens with zero attached hydrogens (tertiary/aromatic N) is 1. The number of ether oxygens (including phenoxy) is 1. The molecule has 0 aliphatic carbocycles. The van der Waals surface area contributed by atoms with Gasteiger partial charge in [-0.15, -0.1) is 0 Å². The van der Waals surface area contributed by atoms with Gasteiger partial charge < -0.3 is 14.7 Å². The Hall–Kier alpha value is -2.56. The molecule has 5 heteroatoms. The number of hydrogen-bond acceptors (Lipinski definition) is 3. The zero-order valence-electron chi connectivity index (χ0n) is 11.3. The van der Waals surface area contributed by atoms with Crippen LogP contribution in [0.25, 0.3) is 10.8 Å². The molecule has 0 aliphatic rings. The number of rotatable bonds is 4. The number of carbonyl (C=O) groups excluding carboxylic acids is 1. The SMILES string of the molecule is CN(C)C(=O)COc1c(C(=O)O)ccc2ccccc12. The number of carboxylic acids is 1. The van der Waals surface area contributed by atoms with E-state index in [1.807, 2.05) is 12.1 Å². The van der Waals surface area contributed by atoms with Crippen LogP contribution in [0.5, 0.6) is 5.75 Å². The van der Waals surface area contributed by atoms with Crippen LogP contribution >= 0.6 is 0 Å². The average Bonchev–Trinajstić information content (AvgIpc) is 2.43. The molecule has 0 aliphatic heterocycles. The first-order valence-corrected chi connectivity index (χ1v) is 6.08. The normalized spacial score (nSPS) is 10.3. The van der Waals surface area contributed by atoms with Gasteiger partial charge in [0, 0.05) is 19.5 Å². The van der Waals surface area contributed by atoms with Crippen LogP contribution in [-0.4, -0.2) is 42.6 Å². The molecule has 0 aromatic heterocycles. The van der Waals surface area contributed by atoms with E-state index in [0.29, 0.717) is 5.39 Å². The maximum atomic E-state index is 11.6. The summed E-state index contributed by atoms with van der Waals surface area (Å²) in [6.45, 7) is -0.193. The molecular formula is C15H15NO4. The third-order valence-corrected chi connectivity index (χ3v) is 2.95. The molecule has 0 saturated carbocycles. The van der Waals surface area contributed by atoms with Crippen molar-refractivity contribution in [1.29, 1.82) is 0 Å². The smallest absolute Gasteiger partial charge is 0.339 e. The second-order valence-electron chi connectivity index (χ2n) is 4.55. The summed E-state index contributed by atoms with van der Waals surface area (Å²) in [6.07, 6.45) is 0. The van der Waals surface area contributed by atoms with Crippen molar-refractivity contribution in [3.05, 3.63) is 42.0 Å². The van der Waals surface area contributed by atoms with Crippen LogP contribution in [-0.2, 0) is 4.79 Å². The molecule has 2 aromatic rings. The second kappa shape index (κ2) is 5.61. The lowest BCUT2D eigenvalue weighted by atomic mass is 10.1. The van der Waals surface area contributed by atoms with E-state index in [9.17, 15) is 14.7 Å². The van der Waals surface area contributed by atoms with Gasteiger partial charge in [0.15, 0.2) is 6.61 Å². The highest BCUT2D eigenvalue weighted by Crippen LogP contribution is 2.30. The van der Waals surface area contributed by atoms with E-state index >= 15 is 0 Å². The second-order valence-corrected chi connectivity index (χ2v) is 4.55. The molecule has 104 valence electrons. The molecule has 0 bridgehead atoms. The van der Waals surface area contributed by atoms with Crippen LogP contribution in [0.3, 0.4) is 0 Å². The fourth-order valence-corrected chi connectivity index (χ4v) is 1.83. The van der Waals surface area contributed by atoms with Gasteiger partial charge in [0.25, 0.3) is 5.91 Å². The standard InChI is InChI=1S/C15H15NO4/c1-16(2)13(17)9-20-14-11-6-4-3-5-10(11)7-8-12(14)15(18)19/h3-8H,9H2,1-2H3,(H,18,19). The zero-order chi connectivity index (χ0) is 14.7. The van der Waals surface area contributed by atoms with E-state index in [1.165, 1.54) is 11.0 Å². The number of amides is 1. The number of likely N-dealkylation sites (N-methyl/N-ethyl adjacent to an activating group) is 1. The maximum absolute atomic E-state index is 11.6. The van der Waals surface area contributed by atoms with E-state index < -0.39 is 5.97 Å². The van der Waals surface area contributed by atoms with Crippen LogP contribution in [0.1, 0.15) is 10.4 Å². The first-order valence-electron chi connectivity index (χ1n) is 6.08. The van der Waals surface area contributed by atoms with Gasteiger partial charge in [0.2, 0.25) is 0 Å². The molecule has 0 unspecified atom stereocenters. The highest BCUT2D eigenvalue weighted by molar-refractivity contribution is 6.00. The monoisotopic (exact) mass is 273 g/mol. The lowest BCUT2D eigenvalue weighted by Gasteiger charge is -2.14. The minimum absolute atomic E-state index is 0.0512. The number of hydrogen-bond donors (Lipinski definition) is 1. The van der Waals surface area contributed by atoms with Gasteiger partial charge in [-0.25, -0.2) is 4.79 Å². The summed E-state index contributed by atoms with van der Waals surface area (Å²) >= 11 is 0. The molecular weight excluding hydrogens is 258 g/mol. The molecule has 0 spiro atoms. The number of aromatic carboxylic acids is 1. The predicted octanol–water partition coefficient (Wildman–Crippen LogP) is 2.00. The van der Waals surface area contributed by atoms with E-state index in [2.05, 4.69) is 0 Å². The Morgan fingerprint density at radius 2 is 1.85 bits per heavy atom. The van der Waals surface area contributed by atoms with E-state index in [4.69, 9.17) is 4.74 Å². The summed E-state index contributed by atoms with van der Waals surface area (Å²) in [7, 11) is 3.24. The summed E-state index contributed by atoms with van der Waals surface area (Å²) in [5.74, 6) is -1.08. The molecule has 0 radical (unpaired) electrons. The summed E-state index contributed by atoms with van der Waals surface area (Å²) in [5, 5.41) is 10.8. The minimum Gasteiger partial charge on any atom is -0.482 e. The highest BCUT2D eigenvalue weighted by Gasteiger charge is 2.16. The number of carboxylic acid groups (broad SMARTS) is 1. The Morgan fingerprint density at radius 1 is 1.15 bits per heavy atom. The van der Waals surface area contributed by atoms with Crippen LogP contribution in [0.15, 0.2) is 36.4 Å². The lowest BCUT2D eigenvalue weighted by Crippen LogP contribution is -2.27. The number of carbonyl (C=O) groups is 2. The Balaban J connectivity index is 2.44. The van der Waals surface area contributed by atoms with Gasteiger partial charge in [0.1, 0.15) is 11.3 Å². The maximum Gasteiger partial charge on any atom is 0.339 e. The fraction of sp³-hybridized carbons (Fsp3) is 0.200. The molecule has 0 atom stereocenters. The van der Waals surface area contributed by atoms with Gasteiger partial charge in [-0.1, -0.05) is 30.3 Å². The van der Waals surface area contributed by atoms with Crippen molar-refractivity contribution >= 4 is 22.6 Å². The first-order chi connectivity index (χ1) is 9.50. The van der Waals surface area contributed by atoms with Crippen LogP contribution in [0.4, 0.5) is 0 Å². The molecule has 0 fully saturated rings. The molecule has 5 nitrogen and oxygen atoms in total. The van der Waals surface area contributed by atoms with Crippen molar-refractivity contribution in [2.75, 3.05) is 20.7 Å². The quantitative estimate of drug-likeness (QED) is 0.925. The fourth-order valence-electron chi connectivity index (χ4n) is 1.83. The summed E-state index contributed by atoms with van der Waals surface area (Å²) in [6, 6.07) is 10.5. The van der Waals surface area contributed by atoms with Crippen LogP contribution in [0, 0.1) is 0 Å². The van der Waals surface area contributed by atoms with Gasteiger partial charge in [-0.2, -0.15) is 0 Å². The topological polar surface area (TPSA) is 66.8 Å². The number of benzene rings is 2. The zero-order valence-corrected chi connectivity index (χ0v) is 11.3.